The number of anilines is 1. The molecule has 1 aliphatic rings. The molecule has 0 aliphatic carbocycles. The van der Waals surface area contributed by atoms with Crippen LogP contribution in [0.5, 0.6) is 0 Å². The molecule has 0 amide bonds. The predicted octanol–water partition coefficient (Wildman–Crippen LogP) is 3.60. The van der Waals surface area contributed by atoms with E-state index in [1.54, 1.807) is 28.9 Å². The van der Waals surface area contributed by atoms with Gasteiger partial charge in [-0.1, -0.05) is 0 Å². The Kier molecular flexibility index (Phi) is 6.08. The van der Waals surface area contributed by atoms with E-state index in [1.165, 1.54) is 16.8 Å². The van der Waals surface area contributed by atoms with Gasteiger partial charge in [0.1, 0.15) is 0 Å². The highest BCUT2D eigenvalue weighted by molar-refractivity contribution is 5.58. The van der Waals surface area contributed by atoms with Gasteiger partial charge in [-0.2, -0.15) is 18.3 Å². The number of nitrogens with zero attached hydrogens (tertiary/aromatic N) is 5. The van der Waals surface area contributed by atoms with Crippen molar-refractivity contribution in [2.24, 2.45) is 0 Å². The number of ether oxygens (including phenoxy) is 1. The van der Waals surface area contributed by atoms with Crippen LogP contribution in [0.25, 0.3) is 5.69 Å². The first-order valence-electron chi connectivity index (χ1n) is 10.7. The Morgan fingerprint density at radius 2 is 2.00 bits per heavy atom. The van der Waals surface area contributed by atoms with Crippen molar-refractivity contribution in [2.75, 3.05) is 24.6 Å². The van der Waals surface area contributed by atoms with E-state index in [2.05, 4.69) is 5.10 Å². The van der Waals surface area contributed by atoms with Gasteiger partial charge in [0.15, 0.2) is 5.82 Å². The summed E-state index contributed by atoms with van der Waals surface area (Å²) in [6.45, 7) is 7.19. The van der Waals surface area contributed by atoms with E-state index in [0.29, 0.717) is 31.9 Å². The molecule has 1 atom stereocenters. The van der Waals surface area contributed by atoms with E-state index < -0.39 is 28.9 Å². The summed E-state index contributed by atoms with van der Waals surface area (Å²) in [5, 5.41) is 4.16. The smallest absolute Gasteiger partial charge is 0.375 e. The molecule has 33 heavy (non-hydrogen) atoms. The zero-order valence-electron chi connectivity index (χ0n) is 18.6. The minimum absolute atomic E-state index is 0.168. The molecule has 7 nitrogen and oxygen atoms in total. The molecule has 4 rings (SSSR count). The first-order chi connectivity index (χ1) is 15.6. The van der Waals surface area contributed by atoms with Crippen LogP contribution in [0.1, 0.15) is 30.7 Å². The fourth-order valence-corrected chi connectivity index (χ4v) is 4.08. The fourth-order valence-electron chi connectivity index (χ4n) is 4.08. The molecule has 178 valence electrons. The van der Waals surface area contributed by atoms with Crippen LogP contribution in [0.4, 0.5) is 23.2 Å². The van der Waals surface area contributed by atoms with Crippen molar-refractivity contribution >= 4 is 5.69 Å². The van der Waals surface area contributed by atoms with Crippen molar-refractivity contribution < 1.29 is 22.3 Å². The lowest BCUT2D eigenvalue weighted by Crippen LogP contribution is -2.41. The quantitative estimate of drug-likeness (QED) is 0.539. The van der Waals surface area contributed by atoms with Crippen LogP contribution >= 0.6 is 0 Å². The Labute approximate surface area is 187 Å². The Bertz CT molecular complexity index is 1210. The maximum Gasteiger partial charge on any atom is 0.419 e. The number of halogens is 4. The van der Waals surface area contributed by atoms with Crippen molar-refractivity contribution in [3.63, 3.8) is 0 Å². The molecule has 0 spiro atoms. The van der Waals surface area contributed by atoms with Crippen LogP contribution in [-0.4, -0.2) is 44.7 Å². The third-order valence-electron chi connectivity index (χ3n) is 5.69. The molecule has 1 aromatic carbocycles. The molecule has 3 heterocycles. The van der Waals surface area contributed by atoms with Crippen molar-refractivity contribution in [2.45, 2.75) is 46.1 Å². The SMILES string of the molecule is CCn1cc(Cn2cc(C)n(-c3cc(N4CCO[C@H](C)C4)cc(C(F)(F)F)c3F)c2=O)cn1. The van der Waals surface area contributed by atoms with Gasteiger partial charge in [-0.25, -0.2) is 9.18 Å². The summed E-state index contributed by atoms with van der Waals surface area (Å²) in [4.78, 5) is 14.9. The van der Waals surface area contributed by atoms with Gasteiger partial charge >= 0.3 is 11.9 Å². The Balaban J connectivity index is 1.81. The van der Waals surface area contributed by atoms with E-state index in [4.69, 9.17) is 4.74 Å². The monoisotopic (exact) mass is 467 g/mol. The number of hydrogen-bond acceptors (Lipinski definition) is 4. The van der Waals surface area contributed by atoms with Crippen LogP contribution in [0.3, 0.4) is 0 Å². The van der Waals surface area contributed by atoms with Crippen molar-refractivity contribution in [1.29, 1.82) is 0 Å². The summed E-state index contributed by atoms with van der Waals surface area (Å²) in [7, 11) is 0. The molecule has 0 bridgehead atoms. The van der Waals surface area contributed by atoms with E-state index in [-0.39, 0.29) is 18.3 Å². The van der Waals surface area contributed by atoms with Gasteiger partial charge in [0.25, 0.3) is 0 Å². The van der Waals surface area contributed by atoms with Gasteiger partial charge in [-0.3, -0.25) is 13.8 Å². The lowest BCUT2D eigenvalue weighted by molar-refractivity contribution is -0.139. The number of rotatable bonds is 5. The standard InChI is InChI=1S/C22H25F4N5O2/c1-4-30-13-16(9-27-30)12-29-10-14(2)31(21(29)32)19-8-17(28-5-6-33-15(3)11-28)7-18(20(19)23)22(24,25)26/h7-10,13,15H,4-6,11-12H2,1-3H3/t15-/m1/s1. The van der Waals surface area contributed by atoms with E-state index in [1.807, 2.05) is 13.8 Å². The number of benzene rings is 1. The zero-order chi connectivity index (χ0) is 23.9. The topological polar surface area (TPSA) is 57.2 Å². The molecular weight excluding hydrogens is 442 g/mol. The molecule has 1 fully saturated rings. The molecule has 2 aromatic heterocycles. The number of morpholine rings is 1. The largest absolute Gasteiger partial charge is 0.419 e. The van der Waals surface area contributed by atoms with E-state index >= 15 is 4.39 Å². The maximum atomic E-state index is 15.2. The highest BCUT2D eigenvalue weighted by Crippen LogP contribution is 2.37. The summed E-state index contributed by atoms with van der Waals surface area (Å²) < 4.78 is 65.8. The highest BCUT2D eigenvalue weighted by atomic mass is 19.4. The third-order valence-corrected chi connectivity index (χ3v) is 5.69. The van der Waals surface area contributed by atoms with Crippen LogP contribution in [-0.2, 0) is 24.0 Å². The van der Waals surface area contributed by atoms with Gasteiger partial charge < -0.3 is 9.64 Å². The summed E-state index contributed by atoms with van der Waals surface area (Å²) >= 11 is 0. The summed E-state index contributed by atoms with van der Waals surface area (Å²) in [6, 6.07) is 2.10. The van der Waals surface area contributed by atoms with Gasteiger partial charge in [-0.05, 0) is 32.9 Å². The molecular formula is C22H25F4N5O2. The number of alkyl halides is 3. The normalized spacial score (nSPS) is 17.1. The van der Waals surface area contributed by atoms with Crippen LogP contribution in [0.2, 0.25) is 0 Å². The molecule has 1 saturated heterocycles. The lowest BCUT2D eigenvalue weighted by Gasteiger charge is -2.33. The van der Waals surface area contributed by atoms with Crippen molar-refractivity contribution in [1.82, 2.24) is 18.9 Å². The van der Waals surface area contributed by atoms with Crippen molar-refractivity contribution in [3.05, 3.63) is 63.8 Å². The lowest BCUT2D eigenvalue weighted by atomic mass is 10.1. The zero-order valence-corrected chi connectivity index (χ0v) is 18.6. The molecule has 11 heteroatoms. The van der Waals surface area contributed by atoms with Gasteiger partial charge in [-0.15, -0.1) is 0 Å². The number of aryl methyl sites for hydroxylation is 2. The summed E-state index contributed by atoms with van der Waals surface area (Å²) in [5.74, 6) is -1.48. The number of aromatic nitrogens is 4. The second-order valence-electron chi connectivity index (χ2n) is 8.17. The summed E-state index contributed by atoms with van der Waals surface area (Å²) in [6.07, 6.45) is -0.202. The Morgan fingerprint density at radius 3 is 2.64 bits per heavy atom. The first kappa shape index (κ1) is 23.1. The average molecular weight is 467 g/mol. The Hall–Kier alpha value is -3.08. The molecule has 0 radical (unpaired) electrons. The number of imidazole rings is 1. The summed E-state index contributed by atoms with van der Waals surface area (Å²) in [5.41, 5.74) is -1.19. The van der Waals surface area contributed by atoms with Gasteiger partial charge in [0, 0.05) is 49.0 Å². The molecule has 0 saturated carbocycles. The molecule has 0 N–H and O–H groups in total. The second-order valence-corrected chi connectivity index (χ2v) is 8.17. The van der Waals surface area contributed by atoms with Gasteiger partial charge in [0.2, 0.25) is 0 Å². The molecule has 3 aromatic rings. The fraction of sp³-hybridized carbons (Fsp3) is 0.455. The first-order valence-corrected chi connectivity index (χ1v) is 10.7. The van der Waals surface area contributed by atoms with E-state index in [0.717, 1.165) is 16.2 Å². The van der Waals surface area contributed by atoms with Gasteiger partial charge in [0.05, 0.1) is 36.7 Å². The van der Waals surface area contributed by atoms with Crippen LogP contribution in [0.15, 0.2) is 35.5 Å². The molecule has 1 aliphatic heterocycles. The minimum Gasteiger partial charge on any atom is -0.375 e. The van der Waals surface area contributed by atoms with E-state index in [9.17, 15) is 18.0 Å². The van der Waals surface area contributed by atoms with Crippen molar-refractivity contribution in [3.8, 4) is 5.69 Å². The van der Waals surface area contributed by atoms with Crippen LogP contribution in [0, 0.1) is 12.7 Å². The maximum absolute atomic E-state index is 15.2. The molecule has 0 unspecified atom stereocenters. The second kappa shape index (κ2) is 8.69. The number of hydrogen-bond donors (Lipinski definition) is 0. The highest BCUT2D eigenvalue weighted by Gasteiger charge is 2.37. The minimum atomic E-state index is -4.92. The van der Waals surface area contributed by atoms with Crippen LogP contribution < -0.4 is 10.6 Å². The average Bonchev–Trinajstić information content (AvgIpc) is 3.31. The Morgan fingerprint density at radius 1 is 1.24 bits per heavy atom. The predicted molar refractivity (Wildman–Crippen MR) is 114 cm³/mol. The third kappa shape index (κ3) is 4.54.